The number of carbonyl (C=O) groups is 2. The van der Waals surface area contributed by atoms with Gasteiger partial charge in [-0.2, -0.15) is 0 Å². The van der Waals surface area contributed by atoms with E-state index in [-0.39, 0.29) is 11.8 Å². The summed E-state index contributed by atoms with van der Waals surface area (Å²) in [6, 6.07) is 12.5. The van der Waals surface area contributed by atoms with Gasteiger partial charge in [0.05, 0.1) is 17.3 Å². The van der Waals surface area contributed by atoms with E-state index in [1.54, 1.807) is 20.1 Å². The van der Waals surface area contributed by atoms with Crippen molar-refractivity contribution < 1.29 is 14.3 Å². The summed E-state index contributed by atoms with van der Waals surface area (Å²) in [6.07, 6.45) is 3.07. The monoisotopic (exact) mass is 395 g/mol. The normalized spacial score (nSPS) is 12.1. The third-order valence-electron chi connectivity index (χ3n) is 4.07. The topological polar surface area (TPSA) is 80.3 Å². The van der Waals surface area contributed by atoms with Gasteiger partial charge >= 0.3 is 0 Å². The second-order valence-corrected chi connectivity index (χ2v) is 7.35. The van der Waals surface area contributed by atoms with E-state index in [1.165, 1.54) is 17.4 Å². The number of methoxy groups -OCH3 is 1. The van der Waals surface area contributed by atoms with Gasteiger partial charge in [0.25, 0.3) is 0 Å². The highest BCUT2D eigenvalue weighted by Gasteiger charge is 2.16. The molecule has 1 unspecified atom stereocenters. The van der Waals surface area contributed by atoms with Crippen molar-refractivity contribution in [3.8, 4) is 5.75 Å². The highest BCUT2D eigenvalue weighted by molar-refractivity contribution is 7.22. The predicted molar refractivity (Wildman–Crippen MR) is 113 cm³/mol. The maximum absolute atomic E-state index is 12.3. The molecule has 0 radical (unpaired) electrons. The highest BCUT2D eigenvalue weighted by Crippen LogP contribution is 2.26. The Hall–Kier alpha value is -3.19. The fraction of sp³-hybridized carbons (Fsp3) is 0.190. The quantitative estimate of drug-likeness (QED) is 0.623. The molecule has 28 heavy (non-hydrogen) atoms. The van der Waals surface area contributed by atoms with Crippen LogP contribution in [-0.2, 0) is 9.59 Å². The molecule has 0 aliphatic carbocycles. The number of hydrogen-bond acceptors (Lipinski definition) is 5. The van der Waals surface area contributed by atoms with Gasteiger partial charge in [0, 0.05) is 6.08 Å². The van der Waals surface area contributed by atoms with Gasteiger partial charge in [-0.25, -0.2) is 4.98 Å². The molecule has 1 aromatic heterocycles. The number of fused-ring (bicyclic) bond motifs is 1. The zero-order valence-electron chi connectivity index (χ0n) is 15.9. The molecule has 1 heterocycles. The molecule has 0 fully saturated rings. The zero-order chi connectivity index (χ0) is 20.1. The summed E-state index contributed by atoms with van der Waals surface area (Å²) in [4.78, 5) is 28.8. The SMILES string of the molecule is COc1ccc(/C=C/C(=O)NC(C)C(=O)Nc2nc3ccc(C)cc3s2)cc1. The Balaban J connectivity index is 1.56. The molecule has 0 saturated carbocycles. The number of carbonyl (C=O) groups excluding carboxylic acids is 2. The average molecular weight is 395 g/mol. The first kappa shape index (κ1) is 19.6. The molecule has 1 atom stereocenters. The number of aromatic nitrogens is 1. The number of anilines is 1. The maximum atomic E-state index is 12.3. The standard InChI is InChI=1S/C21H21N3O3S/c1-13-4-10-17-18(12-13)28-21(23-17)24-20(26)14(2)22-19(25)11-7-15-5-8-16(27-3)9-6-15/h4-12,14H,1-3H3,(H,22,25)(H,23,24,26)/b11-7+. The molecule has 0 spiro atoms. The van der Waals surface area contributed by atoms with E-state index in [0.29, 0.717) is 5.13 Å². The summed E-state index contributed by atoms with van der Waals surface area (Å²) < 4.78 is 6.10. The number of aryl methyl sites for hydroxylation is 1. The minimum absolute atomic E-state index is 0.318. The van der Waals surface area contributed by atoms with Gasteiger partial charge in [-0.1, -0.05) is 29.5 Å². The molecule has 2 aromatic carbocycles. The van der Waals surface area contributed by atoms with Crippen molar-refractivity contribution in [2.75, 3.05) is 12.4 Å². The highest BCUT2D eigenvalue weighted by atomic mass is 32.1. The summed E-state index contributed by atoms with van der Waals surface area (Å²) in [5.74, 6) is 0.0808. The lowest BCUT2D eigenvalue weighted by Crippen LogP contribution is -2.40. The Morgan fingerprint density at radius 3 is 2.64 bits per heavy atom. The van der Waals surface area contributed by atoms with Gasteiger partial charge in [-0.3, -0.25) is 9.59 Å². The molecule has 0 aliphatic heterocycles. The molecule has 3 aromatic rings. The van der Waals surface area contributed by atoms with Crippen LogP contribution in [0, 0.1) is 6.92 Å². The largest absolute Gasteiger partial charge is 0.497 e. The van der Waals surface area contributed by atoms with Crippen LogP contribution < -0.4 is 15.4 Å². The van der Waals surface area contributed by atoms with Crippen LogP contribution in [0.25, 0.3) is 16.3 Å². The Labute approximate surface area is 167 Å². The van der Waals surface area contributed by atoms with Gasteiger partial charge in [0.15, 0.2) is 5.13 Å². The van der Waals surface area contributed by atoms with Crippen LogP contribution in [0.5, 0.6) is 5.75 Å². The van der Waals surface area contributed by atoms with Crippen molar-refractivity contribution in [1.82, 2.24) is 10.3 Å². The molecule has 6 nitrogen and oxygen atoms in total. The zero-order valence-corrected chi connectivity index (χ0v) is 16.7. The van der Waals surface area contributed by atoms with Gasteiger partial charge in [-0.15, -0.1) is 0 Å². The van der Waals surface area contributed by atoms with Gasteiger partial charge in [0.2, 0.25) is 11.8 Å². The minimum Gasteiger partial charge on any atom is -0.497 e. The number of benzene rings is 2. The van der Waals surface area contributed by atoms with E-state index in [1.807, 2.05) is 49.4 Å². The number of amides is 2. The van der Waals surface area contributed by atoms with Crippen LogP contribution in [0.2, 0.25) is 0 Å². The van der Waals surface area contributed by atoms with Crippen molar-refractivity contribution in [2.24, 2.45) is 0 Å². The number of hydrogen-bond donors (Lipinski definition) is 2. The van der Waals surface area contributed by atoms with E-state index < -0.39 is 6.04 Å². The summed E-state index contributed by atoms with van der Waals surface area (Å²) in [7, 11) is 1.60. The molecule has 0 aliphatic rings. The van der Waals surface area contributed by atoms with Crippen LogP contribution in [0.1, 0.15) is 18.1 Å². The number of nitrogens with one attached hydrogen (secondary N) is 2. The van der Waals surface area contributed by atoms with Crippen LogP contribution in [0.15, 0.2) is 48.5 Å². The molecular formula is C21H21N3O3S. The number of nitrogens with zero attached hydrogens (tertiary/aromatic N) is 1. The molecular weight excluding hydrogens is 374 g/mol. The smallest absolute Gasteiger partial charge is 0.248 e. The minimum atomic E-state index is -0.693. The average Bonchev–Trinajstić information content (AvgIpc) is 3.07. The van der Waals surface area contributed by atoms with E-state index in [9.17, 15) is 9.59 Å². The van der Waals surface area contributed by atoms with Crippen molar-refractivity contribution in [2.45, 2.75) is 19.9 Å². The van der Waals surface area contributed by atoms with Crippen LogP contribution in [0.3, 0.4) is 0 Å². The van der Waals surface area contributed by atoms with Gasteiger partial charge in [-0.05, 0) is 55.3 Å². The molecule has 2 amide bonds. The number of thiazole rings is 1. The molecule has 7 heteroatoms. The van der Waals surface area contributed by atoms with E-state index in [0.717, 1.165) is 27.1 Å². The van der Waals surface area contributed by atoms with Gasteiger partial charge < -0.3 is 15.4 Å². The number of rotatable bonds is 6. The summed E-state index contributed by atoms with van der Waals surface area (Å²) in [5.41, 5.74) is 2.83. The summed E-state index contributed by atoms with van der Waals surface area (Å²) in [6.45, 7) is 3.64. The van der Waals surface area contributed by atoms with Crippen LogP contribution in [0.4, 0.5) is 5.13 Å². The van der Waals surface area contributed by atoms with Crippen molar-refractivity contribution >= 4 is 44.6 Å². The predicted octanol–water partition coefficient (Wildman–Crippen LogP) is 3.77. The Morgan fingerprint density at radius 2 is 1.93 bits per heavy atom. The summed E-state index contributed by atoms with van der Waals surface area (Å²) in [5, 5.41) is 5.92. The van der Waals surface area contributed by atoms with E-state index >= 15 is 0 Å². The lowest BCUT2D eigenvalue weighted by atomic mass is 10.2. The van der Waals surface area contributed by atoms with Crippen LogP contribution in [-0.4, -0.2) is 29.9 Å². The third kappa shape index (κ3) is 4.95. The molecule has 3 rings (SSSR count). The van der Waals surface area contributed by atoms with Crippen LogP contribution >= 0.6 is 11.3 Å². The second-order valence-electron chi connectivity index (χ2n) is 6.32. The molecule has 0 saturated heterocycles. The fourth-order valence-electron chi connectivity index (χ4n) is 2.51. The first-order chi connectivity index (χ1) is 13.4. The van der Waals surface area contributed by atoms with Crippen molar-refractivity contribution in [1.29, 1.82) is 0 Å². The summed E-state index contributed by atoms with van der Waals surface area (Å²) >= 11 is 1.41. The van der Waals surface area contributed by atoms with E-state index in [2.05, 4.69) is 15.6 Å². The van der Waals surface area contributed by atoms with E-state index in [4.69, 9.17) is 4.74 Å². The third-order valence-corrected chi connectivity index (χ3v) is 5.00. The molecule has 2 N–H and O–H groups in total. The maximum Gasteiger partial charge on any atom is 0.248 e. The second kappa shape index (κ2) is 8.67. The Bertz CT molecular complexity index is 1030. The Morgan fingerprint density at radius 1 is 1.18 bits per heavy atom. The molecule has 0 bridgehead atoms. The first-order valence-electron chi connectivity index (χ1n) is 8.75. The lowest BCUT2D eigenvalue weighted by molar-refractivity contribution is -0.123. The van der Waals surface area contributed by atoms with Gasteiger partial charge in [0.1, 0.15) is 11.8 Å². The Kier molecular flexibility index (Phi) is 6.06. The fourth-order valence-corrected chi connectivity index (χ4v) is 3.48. The lowest BCUT2D eigenvalue weighted by Gasteiger charge is -2.11. The first-order valence-corrected chi connectivity index (χ1v) is 9.57. The van der Waals surface area contributed by atoms with Crippen molar-refractivity contribution in [3.05, 3.63) is 59.7 Å². The molecule has 144 valence electrons. The van der Waals surface area contributed by atoms with Crippen molar-refractivity contribution in [3.63, 3.8) is 0 Å². The number of ether oxygens (including phenoxy) is 1.